The molecule has 1 saturated heterocycles. The molecule has 0 bridgehead atoms. The van der Waals surface area contributed by atoms with Gasteiger partial charge in [0.25, 0.3) is 11.8 Å². The summed E-state index contributed by atoms with van der Waals surface area (Å²) in [5, 5.41) is 2.98. The van der Waals surface area contributed by atoms with Gasteiger partial charge < -0.3 is 19.7 Å². The van der Waals surface area contributed by atoms with Crippen LogP contribution in [0.25, 0.3) is 0 Å². The van der Waals surface area contributed by atoms with Crippen LogP contribution in [0.3, 0.4) is 0 Å². The van der Waals surface area contributed by atoms with E-state index in [1.807, 2.05) is 30.2 Å². The maximum Gasteiger partial charge on any atom is 0.289 e. The Kier molecular flexibility index (Phi) is 4.86. The molecule has 0 radical (unpaired) electrons. The fraction of sp³-hybridized carbons (Fsp3) is 0.722. The van der Waals surface area contributed by atoms with Crippen molar-refractivity contribution in [2.75, 3.05) is 33.2 Å². The number of aromatic nitrogens is 2. The summed E-state index contributed by atoms with van der Waals surface area (Å²) in [7, 11) is 2.06. The SMILES string of the molecule is CN1CCN(C(=O)c2nc(C(=O)NC(C)(C)C)c3n2CCCC3)CC1. The molecule has 3 rings (SSSR count). The van der Waals surface area contributed by atoms with Gasteiger partial charge in [0.15, 0.2) is 5.82 Å². The van der Waals surface area contributed by atoms with Crippen LogP contribution in [0.4, 0.5) is 0 Å². The first-order valence-corrected chi connectivity index (χ1v) is 9.16. The van der Waals surface area contributed by atoms with Crippen molar-refractivity contribution < 1.29 is 9.59 Å². The topological polar surface area (TPSA) is 70.5 Å². The number of hydrogen-bond donors (Lipinski definition) is 1. The van der Waals surface area contributed by atoms with Crippen molar-refractivity contribution >= 4 is 11.8 Å². The fourth-order valence-electron chi connectivity index (χ4n) is 3.44. The van der Waals surface area contributed by atoms with Gasteiger partial charge in [-0.25, -0.2) is 4.98 Å². The van der Waals surface area contributed by atoms with Crippen molar-refractivity contribution in [3.63, 3.8) is 0 Å². The zero-order valence-corrected chi connectivity index (χ0v) is 15.8. The van der Waals surface area contributed by atoms with E-state index in [4.69, 9.17) is 0 Å². The molecule has 2 aliphatic rings. The first kappa shape index (κ1) is 17.9. The van der Waals surface area contributed by atoms with Crippen LogP contribution >= 0.6 is 0 Å². The van der Waals surface area contributed by atoms with E-state index in [1.165, 1.54) is 0 Å². The number of amides is 2. The second kappa shape index (κ2) is 6.78. The van der Waals surface area contributed by atoms with Crippen molar-refractivity contribution in [1.82, 2.24) is 24.7 Å². The third-order valence-corrected chi connectivity index (χ3v) is 4.80. The summed E-state index contributed by atoms with van der Waals surface area (Å²) in [5.41, 5.74) is 1.00. The quantitative estimate of drug-likeness (QED) is 0.871. The number of nitrogens with zero attached hydrogens (tertiary/aromatic N) is 4. The molecule has 2 amide bonds. The van der Waals surface area contributed by atoms with E-state index in [2.05, 4.69) is 22.2 Å². The number of rotatable bonds is 2. The van der Waals surface area contributed by atoms with Gasteiger partial charge in [-0.15, -0.1) is 0 Å². The summed E-state index contributed by atoms with van der Waals surface area (Å²) >= 11 is 0. The molecule has 0 saturated carbocycles. The molecule has 138 valence electrons. The first-order valence-electron chi connectivity index (χ1n) is 9.16. The van der Waals surface area contributed by atoms with Crippen molar-refractivity contribution in [3.05, 3.63) is 17.2 Å². The minimum atomic E-state index is -0.329. The highest BCUT2D eigenvalue weighted by molar-refractivity contribution is 5.97. The van der Waals surface area contributed by atoms with Gasteiger partial charge >= 0.3 is 0 Å². The normalized spacial score (nSPS) is 18.8. The molecule has 0 atom stereocenters. The van der Waals surface area contributed by atoms with Crippen molar-refractivity contribution in [2.24, 2.45) is 0 Å². The predicted molar refractivity (Wildman–Crippen MR) is 95.8 cm³/mol. The van der Waals surface area contributed by atoms with Crippen LogP contribution in [-0.4, -0.2) is 69.9 Å². The molecule has 0 spiro atoms. The third kappa shape index (κ3) is 3.86. The Morgan fingerprint density at radius 1 is 1.04 bits per heavy atom. The Morgan fingerprint density at radius 3 is 2.36 bits per heavy atom. The average molecular weight is 347 g/mol. The van der Waals surface area contributed by atoms with Gasteiger partial charge in [0, 0.05) is 38.3 Å². The second-order valence-electron chi connectivity index (χ2n) is 8.14. The summed E-state index contributed by atoms with van der Waals surface area (Å²) in [6, 6.07) is 0. The van der Waals surface area contributed by atoms with E-state index < -0.39 is 0 Å². The molecular formula is C18H29N5O2. The monoisotopic (exact) mass is 347 g/mol. The summed E-state index contributed by atoms with van der Waals surface area (Å²) < 4.78 is 1.97. The van der Waals surface area contributed by atoms with E-state index in [9.17, 15) is 9.59 Å². The van der Waals surface area contributed by atoms with Crippen LogP contribution < -0.4 is 5.32 Å². The molecule has 1 N–H and O–H groups in total. The number of nitrogens with one attached hydrogen (secondary N) is 1. The summed E-state index contributed by atoms with van der Waals surface area (Å²) in [4.78, 5) is 34.2. The molecule has 1 aromatic heterocycles. The number of hydrogen-bond acceptors (Lipinski definition) is 4. The van der Waals surface area contributed by atoms with Crippen molar-refractivity contribution in [1.29, 1.82) is 0 Å². The van der Waals surface area contributed by atoms with Crippen LogP contribution in [0.1, 0.15) is 60.4 Å². The summed E-state index contributed by atoms with van der Waals surface area (Å²) in [6.07, 6.45) is 2.85. The Bertz CT molecular complexity index is 666. The Labute approximate surface area is 149 Å². The summed E-state index contributed by atoms with van der Waals surface area (Å²) in [6.45, 7) is 9.77. The Hall–Kier alpha value is -1.89. The maximum absolute atomic E-state index is 13.0. The molecule has 1 fully saturated rings. The second-order valence-corrected chi connectivity index (χ2v) is 8.14. The van der Waals surface area contributed by atoms with Gasteiger partial charge in [0.2, 0.25) is 0 Å². The molecule has 1 aromatic rings. The van der Waals surface area contributed by atoms with Gasteiger partial charge in [0.05, 0.1) is 5.69 Å². The molecule has 0 aromatic carbocycles. The van der Waals surface area contributed by atoms with Crippen LogP contribution in [0.15, 0.2) is 0 Å². The van der Waals surface area contributed by atoms with Crippen LogP contribution in [0, 0.1) is 0 Å². The predicted octanol–water partition coefficient (Wildman–Crippen LogP) is 1.14. The lowest BCUT2D eigenvalue weighted by atomic mass is 10.1. The highest BCUT2D eigenvalue weighted by atomic mass is 16.2. The minimum absolute atomic E-state index is 0.0499. The lowest BCUT2D eigenvalue weighted by molar-refractivity contribution is 0.0645. The largest absolute Gasteiger partial charge is 0.346 e. The Morgan fingerprint density at radius 2 is 1.72 bits per heavy atom. The number of piperazine rings is 1. The maximum atomic E-state index is 13.0. The Balaban J connectivity index is 1.89. The van der Waals surface area contributed by atoms with Gasteiger partial charge in [-0.05, 0) is 47.1 Å². The van der Waals surface area contributed by atoms with Crippen molar-refractivity contribution in [2.45, 2.75) is 52.1 Å². The fourth-order valence-corrected chi connectivity index (χ4v) is 3.44. The van der Waals surface area contributed by atoms with Crippen molar-refractivity contribution in [3.8, 4) is 0 Å². The zero-order valence-electron chi connectivity index (χ0n) is 15.8. The molecule has 7 nitrogen and oxygen atoms in total. The van der Waals surface area contributed by atoms with Gasteiger partial charge in [-0.2, -0.15) is 0 Å². The van der Waals surface area contributed by atoms with E-state index in [1.54, 1.807) is 0 Å². The van der Waals surface area contributed by atoms with E-state index in [0.29, 0.717) is 24.6 Å². The number of likely N-dealkylation sites (N-methyl/N-ethyl adjacent to an activating group) is 1. The van der Waals surface area contributed by atoms with Crippen LogP contribution in [0.2, 0.25) is 0 Å². The smallest absolute Gasteiger partial charge is 0.289 e. The molecule has 7 heteroatoms. The first-order chi connectivity index (χ1) is 11.8. The van der Waals surface area contributed by atoms with Crippen LogP contribution in [0.5, 0.6) is 0 Å². The number of carbonyl (C=O) groups excluding carboxylic acids is 2. The number of fused-ring (bicyclic) bond motifs is 1. The third-order valence-electron chi connectivity index (χ3n) is 4.80. The highest BCUT2D eigenvalue weighted by Gasteiger charge is 2.31. The molecule has 25 heavy (non-hydrogen) atoms. The zero-order chi connectivity index (χ0) is 18.2. The standard InChI is InChI=1S/C18H29N5O2/c1-18(2,3)20-16(24)14-13-7-5-6-8-23(13)15(19-14)17(25)22-11-9-21(4)10-12-22/h5-12H2,1-4H3,(H,20,24). The lowest BCUT2D eigenvalue weighted by Gasteiger charge is -2.32. The van der Waals surface area contributed by atoms with E-state index in [-0.39, 0.29) is 17.4 Å². The number of imidazole rings is 1. The molecule has 2 aliphatic heterocycles. The minimum Gasteiger partial charge on any atom is -0.346 e. The molecular weight excluding hydrogens is 318 g/mol. The average Bonchev–Trinajstić information content (AvgIpc) is 2.93. The van der Waals surface area contributed by atoms with Gasteiger partial charge in [-0.3, -0.25) is 9.59 Å². The molecule has 0 unspecified atom stereocenters. The van der Waals surface area contributed by atoms with E-state index >= 15 is 0 Å². The van der Waals surface area contributed by atoms with Gasteiger partial charge in [-0.1, -0.05) is 0 Å². The van der Waals surface area contributed by atoms with Crippen LogP contribution in [-0.2, 0) is 13.0 Å². The lowest BCUT2D eigenvalue weighted by Crippen LogP contribution is -2.47. The van der Waals surface area contributed by atoms with E-state index in [0.717, 1.165) is 44.6 Å². The summed E-state index contributed by atoms with van der Waals surface area (Å²) in [5.74, 6) is 0.194. The number of carbonyl (C=O) groups is 2. The molecule has 3 heterocycles. The van der Waals surface area contributed by atoms with Gasteiger partial charge in [0.1, 0.15) is 5.69 Å². The highest BCUT2D eigenvalue weighted by Crippen LogP contribution is 2.23. The molecule has 0 aliphatic carbocycles.